The Hall–Kier alpha value is -2.75. The SMILES string of the molecule is COc1cccc(NC(=O)/C=C/c2c(C)cc(OC)cc2C)c1. The van der Waals surface area contributed by atoms with Gasteiger partial charge in [-0.25, -0.2) is 0 Å². The number of ether oxygens (including phenoxy) is 2. The predicted molar refractivity (Wildman–Crippen MR) is 93.1 cm³/mol. The van der Waals surface area contributed by atoms with Crippen LogP contribution in [0.15, 0.2) is 42.5 Å². The molecule has 120 valence electrons. The molecule has 0 saturated carbocycles. The van der Waals surface area contributed by atoms with Crippen molar-refractivity contribution >= 4 is 17.7 Å². The van der Waals surface area contributed by atoms with Crippen LogP contribution in [0.25, 0.3) is 6.08 Å². The molecule has 0 aliphatic heterocycles. The van der Waals surface area contributed by atoms with Gasteiger partial charge in [-0.2, -0.15) is 0 Å². The van der Waals surface area contributed by atoms with Crippen LogP contribution in [0, 0.1) is 13.8 Å². The Labute approximate surface area is 136 Å². The topological polar surface area (TPSA) is 47.6 Å². The fourth-order valence-corrected chi connectivity index (χ4v) is 2.36. The van der Waals surface area contributed by atoms with Crippen LogP contribution in [0.3, 0.4) is 0 Å². The molecule has 0 radical (unpaired) electrons. The van der Waals surface area contributed by atoms with Crippen LogP contribution in [0.1, 0.15) is 16.7 Å². The van der Waals surface area contributed by atoms with E-state index in [1.165, 1.54) is 6.08 Å². The van der Waals surface area contributed by atoms with Crippen LogP contribution in [0.4, 0.5) is 5.69 Å². The summed E-state index contributed by atoms with van der Waals surface area (Å²) < 4.78 is 10.4. The lowest BCUT2D eigenvalue weighted by atomic mass is 10.0. The third-order valence-corrected chi connectivity index (χ3v) is 3.54. The second kappa shape index (κ2) is 7.49. The van der Waals surface area contributed by atoms with E-state index in [0.29, 0.717) is 11.4 Å². The van der Waals surface area contributed by atoms with Crippen molar-refractivity contribution < 1.29 is 14.3 Å². The second-order valence-electron chi connectivity index (χ2n) is 5.23. The highest BCUT2D eigenvalue weighted by Crippen LogP contribution is 2.23. The molecule has 1 amide bonds. The fourth-order valence-electron chi connectivity index (χ4n) is 2.36. The van der Waals surface area contributed by atoms with Gasteiger partial charge in [-0.1, -0.05) is 6.07 Å². The Morgan fingerprint density at radius 1 is 1.00 bits per heavy atom. The Bertz CT molecular complexity index is 712. The number of hydrogen-bond acceptors (Lipinski definition) is 3. The first-order chi connectivity index (χ1) is 11.0. The number of methoxy groups -OCH3 is 2. The maximum Gasteiger partial charge on any atom is 0.248 e. The lowest BCUT2D eigenvalue weighted by molar-refractivity contribution is -0.111. The van der Waals surface area contributed by atoms with Crippen LogP contribution >= 0.6 is 0 Å². The number of nitrogens with one attached hydrogen (secondary N) is 1. The van der Waals surface area contributed by atoms with Crippen LogP contribution < -0.4 is 14.8 Å². The first kappa shape index (κ1) is 16.6. The number of amides is 1. The van der Waals surface area contributed by atoms with Crippen molar-refractivity contribution in [3.63, 3.8) is 0 Å². The molecule has 0 aliphatic rings. The highest BCUT2D eigenvalue weighted by molar-refractivity contribution is 6.02. The number of benzene rings is 2. The number of hydrogen-bond donors (Lipinski definition) is 1. The van der Waals surface area contributed by atoms with E-state index in [1.54, 1.807) is 20.3 Å². The molecule has 23 heavy (non-hydrogen) atoms. The van der Waals surface area contributed by atoms with Gasteiger partial charge in [0.25, 0.3) is 0 Å². The highest BCUT2D eigenvalue weighted by Gasteiger charge is 2.04. The summed E-state index contributed by atoms with van der Waals surface area (Å²) in [7, 11) is 3.24. The maximum atomic E-state index is 12.1. The van der Waals surface area contributed by atoms with Gasteiger partial charge in [0.2, 0.25) is 5.91 Å². The zero-order valence-corrected chi connectivity index (χ0v) is 13.8. The first-order valence-electron chi connectivity index (χ1n) is 7.32. The summed E-state index contributed by atoms with van der Waals surface area (Å²) in [6, 6.07) is 11.2. The van der Waals surface area contributed by atoms with E-state index in [0.717, 1.165) is 22.4 Å². The van der Waals surface area contributed by atoms with E-state index in [4.69, 9.17) is 9.47 Å². The van der Waals surface area contributed by atoms with Crippen molar-refractivity contribution in [2.45, 2.75) is 13.8 Å². The Kier molecular flexibility index (Phi) is 5.41. The molecule has 2 rings (SSSR count). The van der Waals surface area contributed by atoms with E-state index >= 15 is 0 Å². The van der Waals surface area contributed by atoms with Crippen molar-refractivity contribution in [2.75, 3.05) is 19.5 Å². The van der Waals surface area contributed by atoms with Crippen LogP contribution in [-0.2, 0) is 4.79 Å². The van der Waals surface area contributed by atoms with Gasteiger partial charge >= 0.3 is 0 Å². The summed E-state index contributed by atoms with van der Waals surface area (Å²) in [5.41, 5.74) is 3.84. The van der Waals surface area contributed by atoms with Crippen LogP contribution in [0.5, 0.6) is 11.5 Å². The monoisotopic (exact) mass is 311 g/mol. The molecule has 0 aliphatic carbocycles. The Morgan fingerprint density at radius 2 is 1.65 bits per heavy atom. The van der Waals surface area contributed by atoms with Crippen molar-refractivity contribution in [1.82, 2.24) is 0 Å². The van der Waals surface area contributed by atoms with Gasteiger partial charge < -0.3 is 14.8 Å². The summed E-state index contributed by atoms with van der Waals surface area (Å²) in [4.78, 5) is 12.1. The molecule has 0 saturated heterocycles. The van der Waals surface area contributed by atoms with E-state index in [2.05, 4.69) is 5.32 Å². The van der Waals surface area contributed by atoms with Gasteiger partial charge in [0.15, 0.2) is 0 Å². The van der Waals surface area contributed by atoms with Gasteiger partial charge in [0.1, 0.15) is 11.5 Å². The maximum absolute atomic E-state index is 12.1. The van der Waals surface area contributed by atoms with Gasteiger partial charge in [0.05, 0.1) is 14.2 Å². The molecule has 4 heteroatoms. The number of carbonyl (C=O) groups excluding carboxylic acids is 1. The standard InChI is InChI=1S/C19H21NO3/c1-13-10-17(23-4)11-14(2)18(13)8-9-19(21)20-15-6-5-7-16(12-15)22-3/h5-12H,1-4H3,(H,20,21)/b9-8+. The van der Waals surface area contributed by atoms with E-state index < -0.39 is 0 Å². The lowest BCUT2D eigenvalue weighted by Gasteiger charge is -2.09. The minimum absolute atomic E-state index is 0.187. The molecule has 0 aromatic heterocycles. The summed E-state index contributed by atoms with van der Waals surface area (Å²) >= 11 is 0. The van der Waals surface area contributed by atoms with Gasteiger partial charge in [-0.05, 0) is 60.9 Å². The molecule has 2 aromatic rings. The average Bonchev–Trinajstić information content (AvgIpc) is 2.54. The Balaban J connectivity index is 2.12. The molecule has 0 unspecified atom stereocenters. The molecular weight excluding hydrogens is 290 g/mol. The minimum Gasteiger partial charge on any atom is -0.497 e. The van der Waals surface area contributed by atoms with Crippen molar-refractivity contribution in [1.29, 1.82) is 0 Å². The summed E-state index contributed by atoms with van der Waals surface area (Å²) in [5, 5.41) is 2.82. The predicted octanol–water partition coefficient (Wildman–Crippen LogP) is 3.97. The normalized spacial score (nSPS) is 10.6. The fraction of sp³-hybridized carbons (Fsp3) is 0.211. The number of anilines is 1. The van der Waals surface area contributed by atoms with Crippen molar-refractivity contribution in [2.24, 2.45) is 0 Å². The number of rotatable bonds is 5. The zero-order valence-electron chi connectivity index (χ0n) is 13.8. The van der Waals surface area contributed by atoms with E-state index in [1.807, 2.05) is 50.3 Å². The average molecular weight is 311 g/mol. The molecule has 0 heterocycles. The summed E-state index contributed by atoms with van der Waals surface area (Å²) in [5.74, 6) is 1.33. The first-order valence-corrected chi connectivity index (χ1v) is 7.32. The van der Waals surface area contributed by atoms with Gasteiger partial charge in [0, 0.05) is 17.8 Å². The molecule has 1 N–H and O–H groups in total. The largest absolute Gasteiger partial charge is 0.497 e. The minimum atomic E-state index is -0.187. The molecular formula is C19H21NO3. The molecule has 0 fully saturated rings. The van der Waals surface area contributed by atoms with Crippen LogP contribution in [0.2, 0.25) is 0 Å². The number of aryl methyl sites for hydroxylation is 2. The van der Waals surface area contributed by atoms with E-state index in [-0.39, 0.29) is 5.91 Å². The van der Waals surface area contributed by atoms with Crippen LogP contribution in [-0.4, -0.2) is 20.1 Å². The third-order valence-electron chi connectivity index (χ3n) is 3.54. The molecule has 0 bridgehead atoms. The van der Waals surface area contributed by atoms with Gasteiger partial charge in [-0.3, -0.25) is 4.79 Å². The second-order valence-corrected chi connectivity index (χ2v) is 5.23. The highest BCUT2D eigenvalue weighted by atomic mass is 16.5. The molecule has 0 spiro atoms. The molecule has 0 atom stereocenters. The van der Waals surface area contributed by atoms with E-state index in [9.17, 15) is 4.79 Å². The quantitative estimate of drug-likeness (QED) is 0.850. The third kappa shape index (κ3) is 4.36. The van der Waals surface area contributed by atoms with Crippen molar-refractivity contribution in [3.8, 4) is 11.5 Å². The number of carbonyl (C=O) groups is 1. The lowest BCUT2D eigenvalue weighted by Crippen LogP contribution is -2.07. The summed E-state index contributed by atoms with van der Waals surface area (Å²) in [6.45, 7) is 3.99. The molecule has 2 aromatic carbocycles. The summed E-state index contributed by atoms with van der Waals surface area (Å²) in [6.07, 6.45) is 3.35. The van der Waals surface area contributed by atoms with Crippen molar-refractivity contribution in [3.05, 3.63) is 59.2 Å². The molecule has 4 nitrogen and oxygen atoms in total. The zero-order chi connectivity index (χ0) is 16.8. The smallest absolute Gasteiger partial charge is 0.248 e. The Morgan fingerprint density at radius 3 is 2.26 bits per heavy atom. The van der Waals surface area contributed by atoms with Gasteiger partial charge in [-0.15, -0.1) is 0 Å².